The number of hydrogen-bond donors (Lipinski definition) is 1. The second-order valence-corrected chi connectivity index (χ2v) is 4.32. The molecule has 0 aliphatic carbocycles. The third-order valence-electron chi connectivity index (χ3n) is 2.83. The molecule has 5 heteroatoms. The maximum absolute atomic E-state index is 13.5. The highest BCUT2D eigenvalue weighted by Crippen LogP contribution is 2.22. The zero-order valence-corrected chi connectivity index (χ0v) is 10.7. The van der Waals surface area contributed by atoms with Gasteiger partial charge in [-0.05, 0) is 54.9 Å². The number of benzene rings is 2. The van der Waals surface area contributed by atoms with E-state index in [1.54, 1.807) is 0 Å². The van der Waals surface area contributed by atoms with Gasteiger partial charge in [0.2, 0.25) is 0 Å². The van der Waals surface area contributed by atoms with Crippen LogP contribution in [-0.2, 0) is 13.0 Å². The van der Waals surface area contributed by atoms with Crippen LogP contribution in [0.1, 0.15) is 11.1 Å². The molecule has 2 aromatic rings. The molecule has 0 heterocycles. The fraction of sp³-hybridized carbons (Fsp3) is 0.200. The van der Waals surface area contributed by atoms with Gasteiger partial charge in [0.15, 0.2) is 0 Å². The maximum Gasteiger partial charge on any atom is 0.130 e. The Kier molecular flexibility index (Phi) is 4.63. The number of rotatable bonds is 5. The average molecular weight is 281 g/mol. The van der Waals surface area contributed by atoms with Crippen molar-refractivity contribution in [3.8, 4) is 5.75 Å². The summed E-state index contributed by atoms with van der Waals surface area (Å²) in [6.07, 6.45) is 0.443. The van der Waals surface area contributed by atoms with Gasteiger partial charge >= 0.3 is 0 Å². The molecule has 0 aromatic heterocycles. The van der Waals surface area contributed by atoms with Crippen LogP contribution in [0.5, 0.6) is 5.75 Å². The van der Waals surface area contributed by atoms with Crippen molar-refractivity contribution in [2.24, 2.45) is 5.73 Å². The van der Waals surface area contributed by atoms with E-state index in [2.05, 4.69) is 0 Å². The molecular weight excluding hydrogens is 267 g/mol. The molecule has 0 amide bonds. The first-order valence-electron chi connectivity index (χ1n) is 6.15. The second kappa shape index (κ2) is 6.43. The first-order chi connectivity index (χ1) is 9.60. The first-order valence-corrected chi connectivity index (χ1v) is 6.15. The number of hydrogen-bond acceptors (Lipinski definition) is 2. The lowest BCUT2D eigenvalue weighted by molar-refractivity contribution is 0.295. The zero-order valence-electron chi connectivity index (χ0n) is 10.7. The highest BCUT2D eigenvalue weighted by Gasteiger charge is 2.08. The summed E-state index contributed by atoms with van der Waals surface area (Å²) in [5, 5.41) is 0. The van der Waals surface area contributed by atoms with Crippen LogP contribution < -0.4 is 10.5 Å². The molecule has 0 saturated carbocycles. The molecule has 2 nitrogen and oxygen atoms in total. The lowest BCUT2D eigenvalue weighted by Gasteiger charge is -2.11. The Morgan fingerprint density at radius 2 is 1.55 bits per heavy atom. The molecule has 0 unspecified atom stereocenters. The lowest BCUT2D eigenvalue weighted by Crippen LogP contribution is -2.06. The molecule has 0 spiro atoms. The van der Waals surface area contributed by atoms with Crippen LogP contribution in [0.3, 0.4) is 0 Å². The minimum absolute atomic E-state index is 0.105. The monoisotopic (exact) mass is 281 g/mol. The summed E-state index contributed by atoms with van der Waals surface area (Å²) in [7, 11) is 0. The second-order valence-electron chi connectivity index (χ2n) is 4.32. The Morgan fingerprint density at radius 1 is 0.900 bits per heavy atom. The molecule has 0 radical (unpaired) electrons. The Labute approximate surface area is 115 Å². The van der Waals surface area contributed by atoms with Gasteiger partial charge < -0.3 is 10.5 Å². The molecule has 0 bridgehead atoms. The maximum atomic E-state index is 13.5. The van der Waals surface area contributed by atoms with Gasteiger partial charge in [0.25, 0.3) is 0 Å². The van der Waals surface area contributed by atoms with E-state index in [0.29, 0.717) is 24.3 Å². The quantitative estimate of drug-likeness (QED) is 0.913. The van der Waals surface area contributed by atoms with Crippen molar-refractivity contribution in [2.45, 2.75) is 13.0 Å². The van der Waals surface area contributed by atoms with Crippen molar-refractivity contribution in [3.63, 3.8) is 0 Å². The van der Waals surface area contributed by atoms with E-state index in [0.717, 1.165) is 18.2 Å². The van der Waals surface area contributed by atoms with Crippen LogP contribution in [0, 0.1) is 17.5 Å². The van der Waals surface area contributed by atoms with Gasteiger partial charge in [-0.1, -0.05) is 0 Å². The Balaban J connectivity index is 2.16. The first kappa shape index (κ1) is 14.4. The van der Waals surface area contributed by atoms with Gasteiger partial charge in [-0.3, -0.25) is 0 Å². The predicted octanol–water partition coefficient (Wildman–Crippen LogP) is 3.18. The Morgan fingerprint density at radius 3 is 2.25 bits per heavy atom. The fourth-order valence-electron chi connectivity index (χ4n) is 1.85. The van der Waals surface area contributed by atoms with Gasteiger partial charge in [0.1, 0.15) is 29.8 Å². The fourth-order valence-corrected chi connectivity index (χ4v) is 1.85. The van der Waals surface area contributed by atoms with Crippen molar-refractivity contribution in [1.82, 2.24) is 0 Å². The van der Waals surface area contributed by atoms with E-state index in [4.69, 9.17) is 10.5 Å². The Hall–Kier alpha value is -2.01. The third-order valence-corrected chi connectivity index (χ3v) is 2.83. The van der Waals surface area contributed by atoms with Gasteiger partial charge in [-0.15, -0.1) is 0 Å². The van der Waals surface area contributed by atoms with Crippen molar-refractivity contribution in [1.29, 1.82) is 0 Å². The van der Waals surface area contributed by atoms with E-state index >= 15 is 0 Å². The van der Waals surface area contributed by atoms with Gasteiger partial charge in [-0.25, -0.2) is 13.2 Å². The molecule has 0 fully saturated rings. The molecule has 2 N–H and O–H groups in total. The van der Waals surface area contributed by atoms with Crippen LogP contribution in [-0.4, -0.2) is 6.54 Å². The van der Waals surface area contributed by atoms with E-state index in [-0.39, 0.29) is 12.2 Å². The third kappa shape index (κ3) is 3.51. The molecule has 0 saturated heterocycles. The molecule has 2 rings (SSSR count). The van der Waals surface area contributed by atoms with Crippen molar-refractivity contribution >= 4 is 0 Å². The number of nitrogens with two attached hydrogens (primary N) is 1. The highest BCUT2D eigenvalue weighted by atomic mass is 19.1. The molecule has 106 valence electrons. The van der Waals surface area contributed by atoms with Gasteiger partial charge in [0.05, 0.1) is 0 Å². The van der Waals surface area contributed by atoms with Crippen LogP contribution in [0.2, 0.25) is 0 Å². The molecule has 20 heavy (non-hydrogen) atoms. The predicted molar refractivity (Wildman–Crippen MR) is 69.8 cm³/mol. The van der Waals surface area contributed by atoms with Crippen LogP contribution >= 0.6 is 0 Å². The molecule has 0 aliphatic heterocycles. The van der Waals surface area contributed by atoms with Gasteiger partial charge in [0, 0.05) is 5.56 Å². The summed E-state index contributed by atoms with van der Waals surface area (Å²) in [5.74, 6) is -1.06. The summed E-state index contributed by atoms with van der Waals surface area (Å²) < 4.78 is 45.1. The van der Waals surface area contributed by atoms with E-state index < -0.39 is 17.5 Å². The smallest absolute Gasteiger partial charge is 0.130 e. The summed E-state index contributed by atoms with van der Waals surface area (Å²) in [6.45, 7) is 0.209. The summed E-state index contributed by atoms with van der Waals surface area (Å²) in [6, 6.07) is 7.18. The number of halogens is 3. The molecule has 0 aliphatic rings. The normalized spacial score (nSPS) is 10.6. The van der Waals surface area contributed by atoms with Crippen molar-refractivity contribution in [2.75, 3.05) is 6.54 Å². The van der Waals surface area contributed by atoms with Crippen LogP contribution in [0.4, 0.5) is 13.2 Å². The Bertz CT molecular complexity index is 602. The van der Waals surface area contributed by atoms with Gasteiger partial charge in [-0.2, -0.15) is 0 Å². The number of ether oxygens (including phenoxy) is 1. The highest BCUT2D eigenvalue weighted by molar-refractivity contribution is 5.34. The minimum atomic E-state index is -0.547. The average Bonchev–Trinajstić information content (AvgIpc) is 2.42. The zero-order chi connectivity index (χ0) is 14.5. The standard InChI is InChI=1S/C15H14F3NO/c16-12-1-3-14(18)11(8-12)9-20-15-4-2-13(17)7-10(15)5-6-19/h1-4,7-8H,5-6,9,19H2. The summed E-state index contributed by atoms with van der Waals surface area (Å²) in [4.78, 5) is 0. The topological polar surface area (TPSA) is 35.2 Å². The molecule has 0 atom stereocenters. The van der Waals surface area contributed by atoms with E-state index in [1.807, 2.05) is 0 Å². The van der Waals surface area contributed by atoms with Crippen molar-refractivity contribution in [3.05, 3.63) is 65.0 Å². The van der Waals surface area contributed by atoms with Crippen molar-refractivity contribution < 1.29 is 17.9 Å². The lowest BCUT2D eigenvalue weighted by atomic mass is 10.1. The van der Waals surface area contributed by atoms with Crippen LogP contribution in [0.25, 0.3) is 0 Å². The largest absolute Gasteiger partial charge is 0.489 e. The van der Waals surface area contributed by atoms with Crippen LogP contribution in [0.15, 0.2) is 36.4 Å². The van der Waals surface area contributed by atoms with E-state index in [1.165, 1.54) is 18.2 Å². The van der Waals surface area contributed by atoms with E-state index in [9.17, 15) is 13.2 Å². The summed E-state index contributed by atoms with van der Waals surface area (Å²) >= 11 is 0. The molecular formula is C15H14F3NO. The minimum Gasteiger partial charge on any atom is -0.489 e. The molecule has 2 aromatic carbocycles. The SMILES string of the molecule is NCCc1cc(F)ccc1OCc1cc(F)ccc1F. The summed E-state index contributed by atoms with van der Waals surface area (Å²) in [5.41, 5.74) is 6.15.